The maximum Gasteiger partial charge on any atom is 0.226 e. The molecule has 3 N–H and O–H groups in total. The molecule has 1 unspecified atom stereocenters. The van der Waals surface area contributed by atoms with Gasteiger partial charge >= 0.3 is 0 Å². The molecule has 0 bridgehead atoms. The smallest absolute Gasteiger partial charge is 0.226 e. The largest absolute Gasteiger partial charge is 0.461 e. The summed E-state index contributed by atoms with van der Waals surface area (Å²) in [4.78, 5) is 3.43. The Morgan fingerprint density at radius 3 is 2.29 bits per heavy atom. The van der Waals surface area contributed by atoms with Gasteiger partial charge in [-0.15, -0.1) is 0 Å². The Balaban J connectivity index is 2.32. The molecule has 0 fully saturated rings. The van der Waals surface area contributed by atoms with Gasteiger partial charge in [-0.25, -0.2) is 0 Å². The highest BCUT2D eigenvalue weighted by atomic mass is 35.7. The maximum absolute atomic E-state index is 5.98. The lowest BCUT2D eigenvalue weighted by atomic mass is 10.3. The van der Waals surface area contributed by atoms with Crippen LogP contribution in [0.3, 0.4) is 0 Å². The van der Waals surface area contributed by atoms with Crippen molar-refractivity contribution < 1.29 is 4.74 Å². The number of thiocarbonyl (C=S) groups is 1. The van der Waals surface area contributed by atoms with Gasteiger partial charge in [-0.2, -0.15) is 0 Å². The highest BCUT2D eigenvalue weighted by Crippen LogP contribution is 2.41. The molecular weight excluding hydrogens is 369 g/mol. The molecule has 1 aliphatic heterocycles. The molecule has 1 heterocycles. The number of benzene rings is 1. The van der Waals surface area contributed by atoms with E-state index in [0.29, 0.717) is 5.75 Å². The normalized spacial score (nSPS) is 14.7. The van der Waals surface area contributed by atoms with E-state index in [1.54, 1.807) is 29.7 Å². The number of nitrogens with two attached hydrogens (primary N) is 1. The average molecular weight is 380 g/mol. The fourth-order valence-electron chi connectivity index (χ4n) is 1.63. The van der Waals surface area contributed by atoms with Crippen LogP contribution in [0.2, 0.25) is 0 Å². The zero-order chi connectivity index (χ0) is 15.2. The van der Waals surface area contributed by atoms with Crippen molar-refractivity contribution in [3.05, 3.63) is 43.0 Å². The van der Waals surface area contributed by atoms with Gasteiger partial charge in [0.15, 0.2) is 5.75 Å². The van der Waals surface area contributed by atoms with Crippen LogP contribution in [0.25, 0.3) is 0 Å². The molecular formula is C12H11Cl2N3OS3. The summed E-state index contributed by atoms with van der Waals surface area (Å²) in [5.74, 6) is 0.552. The van der Waals surface area contributed by atoms with E-state index >= 15 is 0 Å². The van der Waals surface area contributed by atoms with Crippen molar-refractivity contribution in [1.82, 2.24) is 10.2 Å². The molecule has 0 amide bonds. The lowest BCUT2D eigenvalue weighted by Crippen LogP contribution is -2.43. The minimum absolute atomic E-state index is 0.200. The van der Waals surface area contributed by atoms with Gasteiger partial charge in [0.1, 0.15) is 4.99 Å². The average Bonchev–Trinajstić information content (AvgIpc) is 2.52. The summed E-state index contributed by atoms with van der Waals surface area (Å²) in [7, 11) is 13.9. The Bertz CT molecular complexity index is 549. The number of nitrogens with zero attached hydrogens (tertiary/aromatic N) is 1. The van der Waals surface area contributed by atoms with E-state index in [2.05, 4.69) is 5.32 Å². The highest BCUT2D eigenvalue weighted by Gasteiger charge is 2.23. The van der Waals surface area contributed by atoms with Gasteiger partial charge in [-0.3, -0.25) is 0 Å². The van der Waals surface area contributed by atoms with Crippen molar-refractivity contribution in [3.8, 4) is 5.75 Å². The van der Waals surface area contributed by atoms with Crippen LogP contribution in [0.4, 0.5) is 0 Å². The van der Waals surface area contributed by atoms with Crippen LogP contribution in [-0.4, -0.2) is 16.1 Å². The lowest BCUT2D eigenvalue weighted by molar-refractivity contribution is 0.148. The Morgan fingerprint density at radius 2 is 1.81 bits per heavy atom. The summed E-state index contributed by atoms with van der Waals surface area (Å²) < 4.78 is 5.98. The van der Waals surface area contributed by atoms with Crippen molar-refractivity contribution in [3.63, 3.8) is 0 Å². The van der Waals surface area contributed by atoms with Crippen LogP contribution < -0.4 is 15.8 Å². The minimum atomic E-state index is -0.637. The van der Waals surface area contributed by atoms with E-state index in [1.807, 2.05) is 18.2 Å². The molecule has 1 aromatic carbocycles. The molecule has 21 heavy (non-hydrogen) atoms. The van der Waals surface area contributed by atoms with Crippen molar-refractivity contribution in [2.24, 2.45) is 5.73 Å². The fraction of sp³-hybridized carbons (Fsp3) is 0.0833. The first-order chi connectivity index (χ1) is 10.2. The second-order valence-electron chi connectivity index (χ2n) is 3.86. The standard InChI is InChI=1S/C12H11Cl2N3OS3/c13-20-8-2-1-3-9(21-14)10(8)18-12(11(15)19)17-6-4-16-5-7-17/h1-7,12,16H,(H2,15,19). The number of hydrogen-bond acceptors (Lipinski definition) is 6. The van der Waals surface area contributed by atoms with Gasteiger partial charge in [0.25, 0.3) is 0 Å². The molecule has 1 atom stereocenters. The maximum atomic E-state index is 5.98. The summed E-state index contributed by atoms with van der Waals surface area (Å²) in [6.45, 7) is 0. The molecule has 2 rings (SSSR count). The lowest BCUT2D eigenvalue weighted by Gasteiger charge is -2.29. The third kappa shape index (κ3) is 4.14. The molecule has 0 aromatic heterocycles. The van der Waals surface area contributed by atoms with E-state index in [-0.39, 0.29) is 4.99 Å². The van der Waals surface area contributed by atoms with Crippen LogP contribution in [0.1, 0.15) is 0 Å². The molecule has 9 heteroatoms. The van der Waals surface area contributed by atoms with Crippen molar-refractivity contribution in [1.29, 1.82) is 0 Å². The summed E-state index contributed by atoms with van der Waals surface area (Å²) in [6, 6.07) is 5.52. The number of halogens is 2. The second kappa shape index (κ2) is 8.05. The van der Waals surface area contributed by atoms with Crippen LogP contribution in [0.15, 0.2) is 52.8 Å². The molecule has 0 saturated carbocycles. The summed E-state index contributed by atoms with van der Waals surface area (Å²) >= 11 is 5.10. The van der Waals surface area contributed by atoms with Crippen molar-refractivity contribution in [2.45, 2.75) is 16.0 Å². The molecule has 1 aromatic rings. The van der Waals surface area contributed by atoms with E-state index in [0.717, 1.165) is 31.7 Å². The highest BCUT2D eigenvalue weighted by molar-refractivity contribution is 8.21. The third-order valence-corrected chi connectivity index (χ3v) is 4.71. The fourth-order valence-corrected chi connectivity index (χ4v) is 3.31. The quantitative estimate of drug-likeness (QED) is 0.723. The summed E-state index contributed by atoms with van der Waals surface area (Å²) in [6.07, 6.45) is 6.39. The molecule has 112 valence electrons. The topological polar surface area (TPSA) is 50.5 Å². The van der Waals surface area contributed by atoms with E-state index < -0.39 is 6.23 Å². The van der Waals surface area contributed by atoms with Gasteiger partial charge in [0, 0.05) is 24.8 Å². The second-order valence-corrected chi connectivity index (χ2v) is 6.44. The Morgan fingerprint density at radius 1 is 1.24 bits per heavy atom. The van der Waals surface area contributed by atoms with E-state index in [1.165, 1.54) is 0 Å². The van der Waals surface area contributed by atoms with Crippen molar-refractivity contribution in [2.75, 3.05) is 0 Å². The number of ether oxygens (including phenoxy) is 1. The predicted molar refractivity (Wildman–Crippen MR) is 94.3 cm³/mol. The van der Waals surface area contributed by atoms with E-state index in [4.69, 9.17) is 44.1 Å². The molecule has 4 nitrogen and oxygen atoms in total. The zero-order valence-electron chi connectivity index (χ0n) is 10.5. The number of nitrogens with one attached hydrogen (secondary N) is 1. The van der Waals surface area contributed by atoms with Gasteiger partial charge in [-0.1, -0.05) is 18.3 Å². The van der Waals surface area contributed by atoms with Gasteiger partial charge < -0.3 is 20.7 Å². The van der Waals surface area contributed by atoms with Crippen LogP contribution in [0, 0.1) is 0 Å². The van der Waals surface area contributed by atoms with E-state index in [9.17, 15) is 0 Å². The molecule has 0 radical (unpaired) electrons. The van der Waals surface area contributed by atoms with Crippen LogP contribution in [0.5, 0.6) is 5.75 Å². The molecule has 0 spiro atoms. The number of rotatable bonds is 6. The first kappa shape index (κ1) is 16.6. The van der Waals surface area contributed by atoms with Gasteiger partial charge in [0.2, 0.25) is 6.23 Å². The number of hydrogen-bond donors (Lipinski definition) is 2. The van der Waals surface area contributed by atoms with Crippen LogP contribution >= 0.6 is 55.5 Å². The van der Waals surface area contributed by atoms with Crippen molar-refractivity contribution >= 4 is 60.5 Å². The predicted octanol–water partition coefficient (Wildman–Crippen LogP) is 4.02. The minimum Gasteiger partial charge on any atom is -0.461 e. The summed E-state index contributed by atoms with van der Waals surface area (Å²) in [5.41, 5.74) is 5.80. The SMILES string of the molecule is NC(=S)C(Oc1c(SCl)cccc1SCl)N1C=CNC=C1. The Hall–Kier alpha value is -0.730. The molecule has 1 aliphatic rings. The number of para-hydroxylation sites is 1. The molecule has 0 saturated heterocycles. The third-order valence-electron chi connectivity index (χ3n) is 2.54. The Labute approximate surface area is 145 Å². The monoisotopic (exact) mass is 379 g/mol. The summed E-state index contributed by atoms with van der Waals surface area (Å²) in [5, 5.41) is 2.92. The van der Waals surface area contributed by atoms with Gasteiger partial charge in [0.05, 0.1) is 9.79 Å². The Kier molecular flexibility index (Phi) is 6.38. The van der Waals surface area contributed by atoms with Gasteiger partial charge in [-0.05, 0) is 55.4 Å². The molecule has 0 aliphatic carbocycles. The first-order valence-corrected chi connectivity index (χ1v) is 9.39. The zero-order valence-corrected chi connectivity index (χ0v) is 14.5. The van der Waals surface area contributed by atoms with Crippen LogP contribution in [-0.2, 0) is 0 Å². The first-order valence-electron chi connectivity index (χ1n) is 5.70.